The Morgan fingerprint density at radius 1 is 0.351 bits per heavy atom. The Balaban J connectivity index is 0. The van der Waals surface area contributed by atoms with E-state index in [1.54, 1.807) is 0 Å². The van der Waals surface area contributed by atoms with Gasteiger partial charge < -0.3 is 19.9 Å². The van der Waals surface area contributed by atoms with Crippen molar-refractivity contribution in [3.8, 4) is 0 Å². The van der Waals surface area contributed by atoms with Crippen LogP contribution in [-0.4, -0.2) is 49.3 Å². The molecule has 0 aliphatic heterocycles. The van der Waals surface area contributed by atoms with Gasteiger partial charge in [0.15, 0.2) is 0 Å². The summed E-state index contributed by atoms with van der Waals surface area (Å²) in [6.45, 7) is 7.62. The summed E-state index contributed by atoms with van der Waals surface area (Å²) in [4.78, 5) is 33.0. The van der Waals surface area contributed by atoms with E-state index in [-0.39, 0.29) is 11.9 Å². The topological polar surface area (TPSA) is 102 Å². The first kappa shape index (κ1) is 57.5. The Kier molecular flexibility index (Phi) is 52.8. The first-order valence-electron chi connectivity index (χ1n) is 25.2. The Bertz CT molecular complexity index is 744. The van der Waals surface area contributed by atoms with Crippen molar-refractivity contribution in [2.75, 3.05) is 26.3 Å². The number of carbonyl (C=O) groups is 3. The molecule has 57 heavy (non-hydrogen) atoms. The minimum atomic E-state index is -0.833. The lowest BCUT2D eigenvalue weighted by Crippen LogP contribution is -2.26. The smallest absolute Gasteiger partial charge is 0.305 e. The molecular formula is C50H99NO6. The van der Waals surface area contributed by atoms with Gasteiger partial charge in [0.2, 0.25) is 0 Å². The van der Waals surface area contributed by atoms with E-state index in [2.05, 4.69) is 19.2 Å². The number of carboxylic acid groups (broad SMARTS) is 1. The molecule has 0 bridgehead atoms. The van der Waals surface area contributed by atoms with Crippen molar-refractivity contribution in [3.05, 3.63) is 0 Å². The molecule has 0 saturated heterocycles. The first-order valence-corrected chi connectivity index (χ1v) is 25.2. The van der Waals surface area contributed by atoms with Crippen LogP contribution in [0.4, 0.5) is 0 Å². The highest BCUT2D eigenvalue weighted by Crippen LogP contribution is 2.17. The fraction of sp³-hybridized carbons (Fsp3) is 0.940. The molecule has 0 aliphatic carbocycles. The third kappa shape index (κ3) is 58.8. The maximum atomic E-state index is 12.0. The van der Waals surface area contributed by atoms with Crippen molar-refractivity contribution in [2.45, 2.75) is 278 Å². The molecule has 0 aromatic carbocycles. The molecule has 0 amide bonds. The number of carbonyl (C=O) groups excluding carboxylic acids is 2. The largest absolute Gasteiger partial charge is 0.481 e. The number of unbranched alkanes of at least 4 members (excludes halogenated alkanes) is 36. The Morgan fingerprint density at radius 2 is 0.526 bits per heavy atom. The molecular weight excluding hydrogens is 711 g/mol. The summed E-state index contributed by atoms with van der Waals surface area (Å²) in [6, 6.07) is 0. The molecule has 7 nitrogen and oxygen atoms in total. The number of carboxylic acids is 1. The summed E-state index contributed by atoms with van der Waals surface area (Å²) < 4.78 is 10.7. The molecule has 0 heterocycles. The molecule has 340 valence electrons. The lowest BCUT2D eigenvalue weighted by Gasteiger charge is -2.08. The molecule has 0 atom stereocenters. The maximum Gasteiger partial charge on any atom is 0.305 e. The van der Waals surface area contributed by atoms with Crippen LogP contribution in [0, 0.1) is 0 Å². The van der Waals surface area contributed by atoms with E-state index < -0.39 is 5.97 Å². The summed E-state index contributed by atoms with van der Waals surface area (Å²) in [5.74, 6) is -1.02. The number of aliphatic carboxylic acids is 1. The molecule has 7 heteroatoms. The Morgan fingerprint density at radius 3 is 0.719 bits per heavy atom. The zero-order valence-corrected chi connectivity index (χ0v) is 38.6. The van der Waals surface area contributed by atoms with E-state index in [4.69, 9.17) is 19.4 Å². The molecule has 0 rings (SSSR count). The number of nitrogens with one attached hydrogen (secondary N) is 1. The average Bonchev–Trinajstić information content (AvgIpc) is 3.19. The van der Waals surface area contributed by atoms with E-state index in [1.165, 1.54) is 218 Å². The minimum absolute atomic E-state index is 0.0928. The minimum Gasteiger partial charge on any atom is -0.481 e. The molecule has 0 unspecified atom stereocenters. The molecule has 0 saturated carbocycles. The van der Waals surface area contributed by atoms with Gasteiger partial charge in [-0.1, -0.05) is 245 Å². The molecule has 0 aromatic rings. The van der Waals surface area contributed by atoms with E-state index >= 15 is 0 Å². The second-order valence-corrected chi connectivity index (χ2v) is 16.9. The van der Waals surface area contributed by atoms with Gasteiger partial charge in [0, 0.05) is 32.9 Å². The van der Waals surface area contributed by atoms with Crippen molar-refractivity contribution in [1.82, 2.24) is 5.32 Å². The van der Waals surface area contributed by atoms with Crippen LogP contribution in [0.25, 0.3) is 0 Å². The number of ether oxygens (including phenoxy) is 2. The van der Waals surface area contributed by atoms with E-state index in [9.17, 15) is 9.59 Å². The summed E-state index contributed by atoms with van der Waals surface area (Å²) in [5.41, 5.74) is 0. The van der Waals surface area contributed by atoms with Gasteiger partial charge in [0.05, 0.1) is 0 Å². The molecule has 0 aliphatic rings. The van der Waals surface area contributed by atoms with Crippen LogP contribution in [0.5, 0.6) is 0 Å². The zero-order valence-electron chi connectivity index (χ0n) is 38.6. The van der Waals surface area contributed by atoms with Gasteiger partial charge in [-0.2, -0.15) is 0 Å². The van der Waals surface area contributed by atoms with Gasteiger partial charge in [-0.05, 0) is 12.8 Å². The van der Waals surface area contributed by atoms with E-state index in [0.717, 1.165) is 32.6 Å². The lowest BCUT2D eigenvalue weighted by molar-refractivity contribution is -0.143. The monoisotopic (exact) mass is 810 g/mol. The van der Waals surface area contributed by atoms with Crippen LogP contribution in [0.15, 0.2) is 0 Å². The molecule has 0 aromatic heterocycles. The van der Waals surface area contributed by atoms with Crippen LogP contribution in [0.1, 0.15) is 278 Å². The first-order chi connectivity index (χ1) is 27.9. The predicted octanol–water partition coefficient (Wildman–Crippen LogP) is 15.4. The van der Waals surface area contributed by atoms with Gasteiger partial charge in [-0.3, -0.25) is 14.4 Å². The van der Waals surface area contributed by atoms with Crippen molar-refractivity contribution in [1.29, 1.82) is 0 Å². The van der Waals surface area contributed by atoms with Crippen molar-refractivity contribution >= 4 is 17.9 Å². The Hall–Kier alpha value is -1.63. The third-order valence-corrected chi connectivity index (χ3v) is 11.1. The average molecular weight is 810 g/mol. The van der Waals surface area contributed by atoms with Crippen LogP contribution in [0.3, 0.4) is 0 Å². The van der Waals surface area contributed by atoms with Crippen molar-refractivity contribution < 1.29 is 29.0 Å². The molecule has 0 radical (unpaired) electrons. The number of hydrogen-bond acceptors (Lipinski definition) is 6. The van der Waals surface area contributed by atoms with Crippen LogP contribution < -0.4 is 5.32 Å². The van der Waals surface area contributed by atoms with Gasteiger partial charge >= 0.3 is 11.9 Å². The van der Waals surface area contributed by atoms with Crippen molar-refractivity contribution in [3.63, 3.8) is 0 Å². The third-order valence-electron chi connectivity index (χ3n) is 11.1. The molecule has 0 fully saturated rings. The lowest BCUT2D eigenvalue weighted by atomic mass is 10.0. The predicted molar refractivity (Wildman–Crippen MR) is 244 cm³/mol. The van der Waals surface area contributed by atoms with Crippen LogP contribution in [0.2, 0.25) is 0 Å². The summed E-state index contributed by atoms with van der Waals surface area (Å²) in [5, 5.41) is 10.6. The van der Waals surface area contributed by atoms with Gasteiger partial charge in [0.25, 0.3) is 5.97 Å². The van der Waals surface area contributed by atoms with E-state index in [1.807, 2.05) is 0 Å². The van der Waals surface area contributed by atoms with E-state index in [0.29, 0.717) is 39.1 Å². The zero-order chi connectivity index (χ0) is 42.0. The van der Waals surface area contributed by atoms with Gasteiger partial charge in [-0.25, -0.2) is 0 Å². The summed E-state index contributed by atoms with van der Waals surface area (Å²) in [6.07, 6.45) is 52.6. The van der Waals surface area contributed by atoms with Crippen LogP contribution >= 0.6 is 0 Å². The molecule has 2 N–H and O–H groups in total. The number of esters is 2. The van der Waals surface area contributed by atoms with Crippen molar-refractivity contribution in [2.24, 2.45) is 0 Å². The number of rotatable bonds is 46. The Labute approximate surface area is 355 Å². The second kappa shape index (κ2) is 52.4. The van der Waals surface area contributed by atoms with Gasteiger partial charge in [-0.15, -0.1) is 0 Å². The quantitative estimate of drug-likeness (QED) is 0.0466. The van der Waals surface area contributed by atoms with Gasteiger partial charge in [0.1, 0.15) is 13.2 Å². The highest BCUT2D eigenvalue weighted by molar-refractivity contribution is 5.69. The SMILES string of the molecule is CC(=O)O.CCCCCCCCCCCCCCCCCCCCCC(=O)OCCNCCOC(=O)CCCCCCCCCCCCCCCCCCCCC. The highest BCUT2D eigenvalue weighted by Gasteiger charge is 2.05. The number of hydrogen-bond donors (Lipinski definition) is 2. The highest BCUT2D eigenvalue weighted by atomic mass is 16.5. The maximum absolute atomic E-state index is 12.0. The standard InChI is InChI=1S/C48H95NO4.C2H4O2/c1-3-5-7-9-11-13-15-17-19-21-23-25-27-29-31-33-35-37-39-41-47(50)52-45-43-49-44-46-53-48(51)42-40-38-36-34-32-30-28-26-24-22-20-18-16-14-12-10-8-6-4-2;1-2(3)4/h49H,3-46H2,1-2H3;1H3,(H,3,4). The van der Waals surface area contributed by atoms with Crippen LogP contribution in [-0.2, 0) is 23.9 Å². The summed E-state index contributed by atoms with van der Waals surface area (Å²) in [7, 11) is 0. The summed E-state index contributed by atoms with van der Waals surface area (Å²) >= 11 is 0. The fourth-order valence-corrected chi connectivity index (χ4v) is 7.44. The second-order valence-electron chi connectivity index (χ2n) is 16.9. The fourth-order valence-electron chi connectivity index (χ4n) is 7.44. The molecule has 0 spiro atoms. The normalized spacial score (nSPS) is 11.0.